The summed E-state index contributed by atoms with van der Waals surface area (Å²) in [6, 6.07) is 15.4. The second-order valence-corrected chi connectivity index (χ2v) is 9.76. The fourth-order valence-corrected chi connectivity index (χ4v) is 5.99. The Morgan fingerprint density at radius 1 is 1.06 bits per heavy atom. The molecule has 2 N–H and O–H groups in total. The van der Waals surface area contributed by atoms with Gasteiger partial charge in [0, 0.05) is 47.1 Å². The lowest BCUT2D eigenvalue weighted by atomic mass is 9.69. The molecular weight excluding hydrogens is 432 g/mol. The van der Waals surface area contributed by atoms with Gasteiger partial charge in [-0.3, -0.25) is 0 Å². The highest BCUT2D eigenvalue weighted by Gasteiger charge is 2.39. The lowest BCUT2D eigenvalue weighted by molar-refractivity contribution is 0.217. The molecule has 2 heterocycles. The second kappa shape index (κ2) is 9.27. The zero-order chi connectivity index (χ0) is 24.7. The zero-order valence-electron chi connectivity index (χ0n) is 21.1. The largest absolute Gasteiger partial charge is 0.497 e. The predicted octanol–water partition coefficient (Wildman–Crippen LogP) is 6.92. The van der Waals surface area contributed by atoms with Gasteiger partial charge in [-0.05, 0) is 72.6 Å². The number of rotatable bonds is 6. The van der Waals surface area contributed by atoms with Crippen LogP contribution in [0.4, 0.5) is 0 Å². The highest BCUT2D eigenvalue weighted by molar-refractivity contribution is 5.85. The van der Waals surface area contributed by atoms with Crippen LogP contribution in [0.5, 0.6) is 0 Å². The average Bonchev–Trinajstić information content (AvgIpc) is 3.32. The van der Waals surface area contributed by atoms with E-state index in [1.165, 1.54) is 44.5 Å². The van der Waals surface area contributed by atoms with Gasteiger partial charge in [0.2, 0.25) is 0 Å². The lowest BCUT2D eigenvalue weighted by Crippen LogP contribution is -2.33. The molecule has 0 bridgehead atoms. The van der Waals surface area contributed by atoms with Gasteiger partial charge in [0.15, 0.2) is 0 Å². The van der Waals surface area contributed by atoms with Gasteiger partial charge in [-0.25, -0.2) is 0 Å². The zero-order valence-corrected chi connectivity index (χ0v) is 21.1. The minimum Gasteiger partial charge on any atom is -0.497 e. The van der Waals surface area contributed by atoms with Gasteiger partial charge >= 0.3 is 0 Å². The number of allylic oxidation sites excluding steroid dienone is 4. The number of fused-ring (bicyclic) bond motifs is 1. The van der Waals surface area contributed by atoms with Crippen LogP contribution in [0.15, 0.2) is 95.7 Å². The van der Waals surface area contributed by atoms with Crippen molar-refractivity contribution in [2.75, 3.05) is 20.8 Å². The summed E-state index contributed by atoms with van der Waals surface area (Å²) in [4.78, 5) is 3.37. The van der Waals surface area contributed by atoms with Crippen molar-refractivity contribution < 1.29 is 9.47 Å². The summed E-state index contributed by atoms with van der Waals surface area (Å²) in [5.41, 5.74) is 12.1. The van der Waals surface area contributed by atoms with Crippen LogP contribution in [0.3, 0.4) is 0 Å². The van der Waals surface area contributed by atoms with E-state index in [1.54, 1.807) is 14.2 Å². The maximum Gasteiger partial charge on any atom is 0.117 e. The van der Waals surface area contributed by atoms with Crippen LogP contribution in [0, 0.1) is 13.8 Å². The van der Waals surface area contributed by atoms with E-state index in [-0.39, 0.29) is 5.92 Å². The molecule has 2 aromatic carbocycles. The average molecular weight is 467 g/mol. The number of benzene rings is 2. The van der Waals surface area contributed by atoms with Crippen LogP contribution in [-0.2, 0) is 9.47 Å². The van der Waals surface area contributed by atoms with Gasteiger partial charge in [0.1, 0.15) is 5.76 Å². The molecule has 180 valence electrons. The summed E-state index contributed by atoms with van der Waals surface area (Å²) in [6.45, 7) is 13.7. The smallest absolute Gasteiger partial charge is 0.117 e. The number of hydrogen-bond donors (Lipinski definition) is 2. The highest BCUT2D eigenvalue weighted by Crippen LogP contribution is 2.51. The number of hydrogen-bond acceptors (Lipinski definition) is 3. The third-order valence-corrected chi connectivity index (χ3v) is 7.49. The van der Waals surface area contributed by atoms with Crippen LogP contribution in [-0.4, -0.2) is 25.8 Å². The molecule has 2 unspecified atom stereocenters. The van der Waals surface area contributed by atoms with Crippen LogP contribution in [0.1, 0.15) is 46.9 Å². The topological polar surface area (TPSA) is 46.3 Å². The molecule has 35 heavy (non-hydrogen) atoms. The molecule has 1 aliphatic heterocycles. The van der Waals surface area contributed by atoms with Gasteiger partial charge in [0.25, 0.3) is 0 Å². The first kappa shape index (κ1) is 23.3. The standard InChI is InChI=1S/C31H34N2O2/c1-18-10-11-23(19(2)14-18)22-15-20(3)29-27(16-22)33-28(17-34-5)30(21(4)35-6)31(29)25-8-7-9-26-24(25)12-13-32-26/h7-14,22,31-33H,3-4,15-17H2,1-2,5-6H3. The number of nitrogens with one attached hydrogen (secondary N) is 2. The molecular formula is C31H34N2O2. The Bertz CT molecular complexity index is 1390. The Morgan fingerprint density at radius 2 is 1.89 bits per heavy atom. The Kier molecular flexibility index (Phi) is 6.16. The molecule has 0 fully saturated rings. The Balaban J connectivity index is 1.69. The van der Waals surface area contributed by atoms with Gasteiger partial charge < -0.3 is 19.8 Å². The molecule has 0 saturated carbocycles. The monoisotopic (exact) mass is 466 g/mol. The molecule has 3 aromatic rings. The first-order valence-electron chi connectivity index (χ1n) is 12.2. The summed E-state index contributed by atoms with van der Waals surface area (Å²) < 4.78 is 11.4. The van der Waals surface area contributed by atoms with E-state index in [2.05, 4.69) is 79.8 Å². The van der Waals surface area contributed by atoms with Crippen molar-refractivity contribution in [2.24, 2.45) is 0 Å². The SMILES string of the molecule is C=C1CC(c2ccc(C)cc2C)CC2=C1C(c1cccc3[nH]ccc13)C(C(=C)OC)=C(COC)N2. The van der Waals surface area contributed by atoms with E-state index in [1.807, 2.05) is 6.20 Å². The van der Waals surface area contributed by atoms with Crippen molar-refractivity contribution in [3.8, 4) is 0 Å². The summed E-state index contributed by atoms with van der Waals surface area (Å²) in [5, 5.41) is 4.95. The fourth-order valence-electron chi connectivity index (χ4n) is 5.99. The van der Waals surface area contributed by atoms with E-state index in [0.717, 1.165) is 29.6 Å². The number of H-pyrrole nitrogens is 1. The normalized spacial score (nSPS) is 20.2. The molecule has 5 rings (SSSR count). The van der Waals surface area contributed by atoms with E-state index in [4.69, 9.17) is 9.47 Å². The third kappa shape index (κ3) is 4.02. The first-order chi connectivity index (χ1) is 16.9. The van der Waals surface area contributed by atoms with Crippen LogP contribution < -0.4 is 5.32 Å². The summed E-state index contributed by atoms with van der Waals surface area (Å²) in [7, 11) is 3.41. The minimum absolute atomic E-state index is 0.0316. The van der Waals surface area contributed by atoms with Gasteiger partial charge in [-0.1, -0.05) is 49.1 Å². The maximum absolute atomic E-state index is 5.74. The second-order valence-electron chi connectivity index (χ2n) is 9.76. The molecule has 2 aliphatic rings. The predicted molar refractivity (Wildman–Crippen MR) is 143 cm³/mol. The molecule has 0 amide bonds. The van der Waals surface area contributed by atoms with Crippen molar-refractivity contribution in [3.05, 3.63) is 118 Å². The molecule has 1 aromatic heterocycles. The van der Waals surface area contributed by atoms with Crippen molar-refractivity contribution in [1.82, 2.24) is 10.3 Å². The van der Waals surface area contributed by atoms with E-state index >= 15 is 0 Å². The van der Waals surface area contributed by atoms with Crippen molar-refractivity contribution in [3.63, 3.8) is 0 Å². The number of aromatic amines is 1. The Labute approximate surface area is 208 Å². The van der Waals surface area contributed by atoms with Crippen molar-refractivity contribution >= 4 is 10.9 Å². The van der Waals surface area contributed by atoms with E-state index < -0.39 is 0 Å². The number of aryl methyl sites for hydroxylation is 2. The van der Waals surface area contributed by atoms with Gasteiger partial charge in [0.05, 0.1) is 13.7 Å². The number of dihydropyridines is 1. The number of ether oxygens (including phenoxy) is 2. The maximum atomic E-state index is 5.74. The summed E-state index contributed by atoms with van der Waals surface area (Å²) >= 11 is 0. The lowest BCUT2D eigenvalue weighted by Gasteiger charge is -2.40. The van der Waals surface area contributed by atoms with Crippen LogP contribution >= 0.6 is 0 Å². The molecule has 4 nitrogen and oxygen atoms in total. The van der Waals surface area contributed by atoms with Crippen LogP contribution in [0.2, 0.25) is 0 Å². The Hall–Kier alpha value is -3.50. The van der Waals surface area contributed by atoms with E-state index in [0.29, 0.717) is 18.3 Å². The number of methoxy groups -OCH3 is 2. The van der Waals surface area contributed by atoms with Crippen molar-refractivity contribution in [1.29, 1.82) is 0 Å². The molecule has 0 spiro atoms. The summed E-state index contributed by atoms with van der Waals surface area (Å²) in [5.74, 6) is 1.00. The third-order valence-electron chi connectivity index (χ3n) is 7.49. The molecule has 2 atom stereocenters. The quantitative estimate of drug-likeness (QED) is 0.388. The first-order valence-corrected chi connectivity index (χ1v) is 12.2. The van der Waals surface area contributed by atoms with Crippen LogP contribution in [0.25, 0.3) is 10.9 Å². The highest BCUT2D eigenvalue weighted by atomic mass is 16.5. The molecule has 1 aliphatic carbocycles. The van der Waals surface area contributed by atoms with Gasteiger partial charge in [-0.15, -0.1) is 0 Å². The fraction of sp³-hybridized carbons (Fsp3) is 0.290. The van der Waals surface area contributed by atoms with E-state index in [9.17, 15) is 0 Å². The number of aromatic nitrogens is 1. The van der Waals surface area contributed by atoms with Crippen molar-refractivity contribution in [2.45, 2.75) is 38.5 Å². The minimum atomic E-state index is -0.0316. The Morgan fingerprint density at radius 3 is 2.63 bits per heavy atom. The summed E-state index contributed by atoms with van der Waals surface area (Å²) in [6.07, 6.45) is 3.86. The molecule has 0 saturated heterocycles. The molecule has 4 heteroatoms. The van der Waals surface area contributed by atoms with Gasteiger partial charge in [-0.2, -0.15) is 0 Å². The molecule has 0 radical (unpaired) electrons.